The molecule has 0 aromatic heterocycles. The van der Waals surface area contributed by atoms with Gasteiger partial charge < -0.3 is 15.5 Å². The molecule has 3 rings (SSSR count). The molecule has 1 fully saturated rings. The molecule has 2 amide bonds. The van der Waals surface area contributed by atoms with E-state index in [1.807, 2.05) is 55.5 Å². The van der Waals surface area contributed by atoms with Crippen LogP contribution in [-0.2, 0) is 0 Å². The summed E-state index contributed by atoms with van der Waals surface area (Å²) in [4.78, 5) is 27.4. The van der Waals surface area contributed by atoms with Crippen LogP contribution in [0.15, 0.2) is 48.5 Å². The molecule has 160 valence electrons. The normalized spacial score (nSPS) is 14.6. The molecule has 2 N–H and O–H groups in total. The van der Waals surface area contributed by atoms with Gasteiger partial charge in [0.25, 0.3) is 11.8 Å². The van der Waals surface area contributed by atoms with Gasteiger partial charge in [-0.2, -0.15) is 0 Å². The Morgan fingerprint density at radius 1 is 1.00 bits per heavy atom. The number of hydrogen-bond acceptors (Lipinski definition) is 3. The van der Waals surface area contributed by atoms with Crippen molar-refractivity contribution in [2.75, 3.05) is 24.5 Å². The van der Waals surface area contributed by atoms with Crippen molar-refractivity contribution in [1.82, 2.24) is 10.6 Å². The molecule has 0 atom stereocenters. The first-order valence-corrected chi connectivity index (χ1v) is 10.9. The van der Waals surface area contributed by atoms with E-state index in [0.29, 0.717) is 18.0 Å². The molecule has 2 aromatic rings. The second kappa shape index (κ2) is 10.3. The predicted octanol–water partition coefficient (Wildman–Crippen LogP) is 4.17. The molecule has 1 heterocycles. The number of nitrogens with one attached hydrogen (secondary N) is 2. The van der Waals surface area contributed by atoms with Crippen LogP contribution in [0.2, 0.25) is 0 Å². The lowest BCUT2D eigenvalue weighted by molar-refractivity contribution is 0.0929. The van der Waals surface area contributed by atoms with Crippen molar-refractivity contribution < 1.29 is 9.59 Å². The Morgan fingerprint density at radius 2 is 1.67 bits per heavy atom. The maximum Gasteiger partial charge on any atom is 0.253 e. The van der Waals surface area contributed by atoms with Gasteiger partial charge in [0, 0.05) is 36.9 Å². The van der Waals surface area contributed by atoms with Gasteiger partial charge in [0.15, 0.2) is 0 Å². The van der Waals surface area contributed by atoms with Crippen LogP contribution in [-0.4, -0.2) is 37.5 Å². The fourth-order valence-electron chi connectivity index (χ4n) is 3.75. The number of anilines is 1. The molecule has 5 heteroatoms. The maximum atomic E-state index is 12.7. The van der Waals surface area contributed by atoms with Crippen LogP contribution in [0, 0.1) is 12.8 Å². The summed E-state index contributed by atoms with van der Waals surface area (Å²) in [5, 5.41) is 6.20. The van der Waals surface area contributed by atoms with Crippen molar-refractivity contribution in [1.29, 1.82) is 0 Å². The second-order valence-electron chi connectivity index (χ2n) is 8.56. The topological polar surface area (TPSA) is 61.4 Å². The smallest absolute Gasteiger partial charge is 0.253 e. The third kappa shape index (κ3) is 5.85. The van der Waals surface area contributed by atoms with Crippen molar-refractivity contribution >= 4 is 17.5 Å². The van der Waals surface area contributed by atoms with E-state index in [2.05, 4.69) is 29.4 Å². The van der Waals surface area contributed by atoms with Crippen molar-refractivity contribution in [2.45, 2.75) is 46.1 Å². The SMILES string of the molecule is Cc1ccc(C(=O)NC2CCN(c3ccccc3C(=O)NCCC(C)C)CC2)cc1. The number of piperidine rings is 1. The van der Waals surface area contributed by atoms with E-state index in [-0.39, 0.29) is 17.9 Å². The van der Waals surface area contributed by atoms with E-state index in [1.165, 1.54) is 0 Å². The number of hydrogen-bond donors (Lipinski definition) is 2. The van der Waals surface area contributed by atoms with Gasteiger partial charge in [-0.05, 0) is 56.4 Å². The van der Waals surface area contributed by atoms with Gasteiger partial charge in [-0.1, -0.05) is 43.7 Å². The van der Waals surface area contributed by atoms with Gasteiger partial charge in [-0.25, -0.2) is 0 Å². The first-order valence-electron chi connectivity index (χ1n) is 10.9. The van der Waals surface area contributed by atoms with E-state index in [1.54, 1.807) is 0 Å². The molecule has 1 aliphatic rings. The highest BCUT2D eigenvalue weighted by Crippen LogP contribution is 2.24. The fourth-order valence-corrected chi connectivity index (χ4v) is 3.75. The zero-order valence-corrected chi connectivity index (χ0v) is 18.3. The highest BCUT2D eigenvalue weighted by molar-refractivity contribution is 5.99. The lowest BCUT2D eigenvalue weighted by atomic mass is 10.0. The maximum absolute atomic E-state index is 12.7. The molecule has 0 saturated carbocycles. The number of para-hydroxylation sites is 1. The molecular weight excluding hydrogens is 374 g/mol. The average molecular weight is 408 g/mol. The highest BCUT2D eigenvalue weighted by Gasteiger charge is 2.24. The minimum absolute atomic E-state index is 0.0129. The molecule has 1 aliphatic heterocycles. The highest BCUT2D eigenvalue weighted by atomic mass is 16.2. The molecule has 1 saturated heterocycles. The summed E-state index contributed by atoms with van der Waals surface area (Å²) in [6, 6.07) is 15.6. The predicted molar refractivity (Wildman–Crippen MR) is 122 cm³/mol. The minimum atomic E-state index is -0.0154. The number of benzene rings is 2. The van der Waals surface area contributed by atoms with Crippen molar-refractivity contribution in [3.63, 3.8) is 0 Å². The first kappa shape index (κ1) is 21.9. The van der Waals surface area contributed by atoms with E-state index in [9.17, 15) is 9.59 Å². The first-order chi connectivity index (χ1) is 14.4. The second-order valence-corrected chi connectivity index (χ2v) is 8.56. The molecule has 0 aliphatic carbocycles. The Balaban J connectivity index is 1.56. The third-order valence-corrected chi connectivity index (χ3v) is 5.64. The summed E-state index contributed by atoms with van der Waals surface area (Å²) >= 11 is 0. The lowest BCUT2D eigenvalue weighted by Crippen LogP contribution is -2.45. The Labute approximate surface area is 179 Å². The van der Waals surface area contributed by atoms with Crippen LogP contribution >= 0.6 is 0 Å². The number of carbonyl (C=O) groups excluding carboxylic acids is 2. The molecule has 5 nitrogen and oxygen atoms in total. The van der Waals surface area contributed by atoms with Gasteiger partial charge in [-0.15, -0.1) is 0 Å². The molecule has 0 unspecified atom stereocenters. The number of carbonyl (C=O) groups is 2. The van der Waals surface area contributed by atoms with Crippen LogP contribution in [0.1, 0.15) is 59.4 Å². The molecule has 0 bridgehead atoms. The van der Waals surface area contributed by atoms with Gasteiger partial charge in [-0.3, -0.25) is 9.59 Å². The summed E-state index contributed by atoms with van der Waals surface area (Å²) in [5.41, 5.74) is 3.55. The van der Waals surface area contributed by atoms with Crippen molar-refractivity contribution in [3.8, 4) is 0 Å². The lowest BCUT2D eigenvalue weighted by Gasteiger charge is -2.35. The standard InChI is InChI=1S/C25H33N3O2/c1-18(2)12-15-26-25(30)22-6-4-5-7-23(22)28-16-13-21(14-17-28)27-24(29)20-10-8-19(3)9-11-20/h4-11,18,21H,12-17H2,1-3H3,(H,26,30)(H,27,29). The van der Waals surface area contributed by atoms with E-state index >= 15 is 0 Å². The van der Waals surface area contributed by atoms with Crippen molar-refractivity contribution in [2.24, 2.45) is 5.92 Å². The van der Waals surface area contributed by atoms with E-state index in [4.69, 9.17) is 0 Å². The van der Waals surface area contributed by atoms with Crippen LogP contribution in [0.3, 0.4) is 0 Å². The minimum Gasteiger partial charge on any atom is -0.371 e. The van der Waals surface area contributed by atoms with Crippen LogP contribution in [0.4, 0.5) is 5.69 Å². The van der Waals surface area contributed by atoms with Crippen LogP contribution in [0.25, 0.3) is 0 Å². The van der Waals surface area contributed by atoms with Crippen LogP contribution < -0.4 is 15.5 Å². The zero-order valence-electron chi connectivity index (χ0n) is 18.3. The molecule has 0 spiro atoms. The molecular formula is C25H33N3O2. The number of rotatable bonds is 7. The summed E-state index contributed by atoms with van der Waals surface area (Å²) in [5.74, 6) is 0.536. The Bertz CT molecular complexity index is 853. The van der Waals surface area contributed by atoms with E-state index in [0.717, 1.165) is 49.2 Å². The number of nitrogens with zero attached hydrogens (tertiary/aromatic N) is 1. The summed E-state index contributed by atoms with van der Waals surface area (Å²) in [7, 11) is 0. The van der Waals surface area contributed by atoms with Gasteiger partial charge in [0.05, 0.1) is 5.56 Å². The Morgan fingerprint density at radius 3 is 2.33 bits per heavy atom. The molecule has 2 aromatic carbocycles. The third-order valence-electron chi connectivity index (χ3n) is 5.64. The Kier molecular flexibility index (Phi) is 7.50. The van der Waals surface area contributed by atoms with Crippen LogP contribution in [0.5, 0.6) is 0 Å². The monoisotopic (exact) mass is 407 g/mol. The average Bonchev–Trinajstić information content (AvgIpc) is 2.74. The van der Waals surface area contributed by atoms with Crippen molar-refractivity contribution in [3.05, 3.63) is 65.2 Å². The molecule has 30 heavy (non-hydrogen) atoms. The summed E-state index contributed by atoms with van der Waals surface area (Å²) < 4.78 is 0. The number of aryl methyl sites for hydroxylation is 1. The van der Waals surface area contributed by atoms with Gasteiger partial charge in [0.2, 0.25) is 0 Å². The quantitative estimate of drug-likeness (QED) is 0.724. The summed E-state index contributed by atoms with van der Waals surface area (Å²) in [6.07, 6.45) is 2.70. The largest absolute Gasteiger partial charge is 0.371 e. The fraction of sp³-hybridized carbons (Fsp3) is 0.440. The summed E-state index contributed by atoms with van der Waals surface area (Å²) in [6.45, 7) is 8.64. The van der Waals surface area contributed by atoms with Gasteiger partial charge in [0.1, 0.15) is 0 Å². The Hall–Kier alpha value is -2.82. The zero-order chi connectivity index (χ0) is 21.5. The molecule has 0 radical (unpaired) electrons. The number of amides is 2. The van der Waals surface area contributed by atoms with Gasteiger partial charge >= 0.3 is 0 Å². The van der Waals surface area contributed by atoms with E-state index < -0.39 is 0 Å².